The molecular formula is C17H22N2O4. The van der Waals surface area contributed by atoms with Crippen LogP contribution in [0, 0.1) is 0 Å². The molecule has 0 unspecified atom stereocenters. The van der Waals surface area contributed by atoms with Gasteiger partial charge in [0, 0.05) is 19.2 Å². The average Bonchev–Trinajstić information content (AvgIpc) is 2.58. The van der Waals surface area contributed by atoms with Crippen LogP contribution in [0.25, 0.3) is 10.9 Å². The lowest BCUT2D eigenvalue weighted by atomic mass is 9.99. The molecule has 1 aromatic carbocycles. The van der Waals surface area contributed by atoms with E-state index in [1.165, 1.54) is 0 Å². The first-order valence-corrected chi connectivity index (χ1v) is 7.90. The minimum absolute atomic E-state index is 0.0425. The lowest BCUT2D eigenvalue weighted by Crippen LogP contribution is -2.29. The summed E-state index contributed by atoms with van der Waals surface area (Å²) >= 11 is 0. The summed E-state index contributed by atoms with van der Waals surface area (Å²) in [5.74, 6) is 0.685. The van der Waals surface area contributed by atoms with Gasteiger partial charge in [-0.1, -0.05) is 0 Å². The van der Waals surface area contributed by atoms with Gasteiger partial charge in [-0.15, -0.1) is 0 Å². The SMILES string of the molecule is CCOc1cc(CO)cc2c1c1c(c(=O)n2COC)CCCN1. The maximum atomic E-state index is 12.8. The molecule has 124 valence electrons. The van der Waals surface area contributed by atoms with E-state index in [-0.39, 0.29) is 18.9 Å². The van der Waals surface area contributed by atoms with Gasteiger partial charge in [0.1, 0.15) is 12.5 Å². The molecule has 6 nitrogen and oxygen atoms in total. The number of hydrogen-bond donors (Lipinski definition) is 2. The number of ether oxygens (including phenoxy) is 2. The van der Waals surface area contributed by atoms with Crippen LogP contribution < -0.4 is 15.6 Å². The predicted octanol–water partition coefficient (Wildman–Crippen LogP) is 1.85. The Kier molecular flexibility index (Phi) is 4.54. The van der Waals surface area contributed by atoms with Crippen LogP contribution >= 0.6 is 0 Å². The Hall–Kier alpha value is -2.05. The van der Waals surface area contributed by atoms with Crippen molar-refractivity contribution in [3.05, 3.63) is 33.6 Å². The van der Waals surface area contributed by atoms with E-state index in [1.807, 2.05) is 19.1 Å². The van der Waals surface area contributed by atoms with Crippen molar-refractivity contribution in [2.45, 2.75) is 33.1 Å². The zero-order chi connectivity index (χ0) is 16.4. The summed E-state index contributed by atoms with van der Waals surface area (Å²) in [6, 6.07) is 3.67. The molecule has 0 atom stereocenters. The Bertz CT molecular complexity index is 782. The van der Waals surface area contributed by atoms with E-state index < -0.39 is 0 Å². The summed E-state index contributed by atoms with van der Waals surface area (Å²) in [5.41, 5.74) is 3.02. The summed E-state index contributed by atoms with van der Waals surface area (Å²) in [7, 11) is 1.56. The first kappa shape index (κ1) is 15.8. The van der Waals surface area contributed by atoms with E-state index >= 15 is 0 Å². The number of benzene rings is 1. The Morgan fingerprint density at radius 1 is 1.39 bits per heavy atom. The molecule has 2 N–H and O–H groups in total. The summed E-state index contributed by atoms with van der Waals surface area (Å²) in [4.78, 5) is 12.8. The molecule has 3 rings (SSSR count). The number of rotatable bonds is 5. The molecule has 0 bridgehead atoms. The Morgan fingerprint density at radius 3 is 2.91 bits per heavy atom. The highest BCUT2D eigenvalue weighted by molar-refractivity contribution is 5.99. The van der Waals surface area contributed by atoms with Gasteiger partial charge in [0.15, 0.2) is 0 Å². The van der Waals surface area contributed by atoms with Crippen molar-refractivity contribution >= 4 is 16.6 Å². The zero-order valence-corrected chi connectivity index (χ0v) is 13.5. The van der Waals surface area contributed by atoms with Gasteiger partial charge in [-0.05, 0) is 37.5 Å². The fourth-order valence-corrected chi connectivity index (χ4v) is 3.17. The maximum Gasteiger partial charge on any atom is 0.258 e. The summed E-state index contributed by atoms with van der Waals surface area (Å²) < 4.78 is 12.6. The van der Waals surface area contributed by atoms with Crippen molar-refractivity contribution in [3.63, 3.8) is 0 Å². The van der Waals surface area contributed by atoms with E-state index in [0.717, 1.165) is 41.5 Å². The third kappa shape index (κ3) is 2.68. The average molecular weight is 318 g/mol. The lowest BCUT2D eigenvalue weighted by Gasteiger charge is -2.24. The van der Waals surface area contributed by atoms with Crippen LogP contribution in [0.5, 0.6) is 5.75 Å². The fraction of sp³-hybridized carbons (Fsp3) is 0.471. The molecule has 1 aromatic heterocycles. The van der Waals surface area contributed by atoms with Gasteiger partial charge in [0.25, 0.3) is 5.56 Å². The molecule has 2 heterocycles. The van der Waals surface area contributed by atoms with Gasteiger partial charge < -0.3 is 19.9 Å². The topological polar surface area (TPSA) is 72.7 Å². The summed E-state index contributed by atoms with van der Waals surface area (Å²) in [6.45, 7) is 3.33. The Morgan fingerprint density at radius 2 is 2.22 bits per heavy atom. The number of anilines is 1. The first-order valence-electron chi connectivity index (χ1n) is 7.90. The number of nitrogens with one attached hydrogen (secondary N) is 1. The molecular weight excluding hydrogens is 296 g/mol. The van der Waals surface area contributed by atoms with Crippen LogP contribution in [0.3, 0.4) is 0 Å². The van der Waals surface area contributed by atoms with E-state index in [2.05, 4.69) is 5.32 Å². The molecule has 1 aliphatic heterocycles. The highest BCUT2D eigenvalue weighted by Crippen LogP contribution is 2.36. The van der Waals surface area contributed by atoms with Crippen LogP contribution in [0.4, 0.5) is 5.69 Å². The monoisotopic (exact) mass is 318 g/mol. The molecule has 1 aliphatic rings. The molecule has 0 radical (unpaired) electrons. The molecule has 0 aliphatic carbocycles. The van der Waals surface area contributed by atoms with Crippen LogP contribution in [-0.2, 0) is 24.5 Å². The Labute approximate surface area is 134 Å². The molecule has 0 amide bonds. The minimum Gasteiger partial charge on any atom is -0.493 e. The molecule has 0 saturated carbocycles. The van der Waals surface area contributed by atoms with Crippen molar-refractivity contribution in [1.29, 1.82) is 0 Å². The van der Waals surface area contributed by atoms with E-state index in [4.69, 9.17) is 9.47 Å². The van der Waals surface area contributed by atoms with Crippen LogP contribution in [0.15, 0.2) is 16.9 Å². The van der Waals surface area contributed by atoms with Gasteiger partial charge in [0.2, 0.25) is 0 Å². The van der Waals surface area contributed by atoms with Gasteiger partial charge in [-0.25, -0.2) is 0 Å². The number of methoxy groups -OCH3 is 1. The zero-order valence-electron chi connectivity index (χ0n) is 13.5. The summed E-state index contributed by atoms with van der Waals surface area (Å²) in [5, 5.41) is 13.8. The van der Waals surface area contributed by atoms with Crippen molar-refractivity contribution in [2.75, 3.05) is 25.6 Å². The van der Waals surface area contributed by atoms with Crippen LogP contribution in [0.1, 0.15) is 24.5 Å². The second kappa shape index (κ2) is 6.60. The van der Waals surface area contributed by atoms with E-state index in [0.29, 0.717) is 17.9 Å². The highest BCUT2D eigenvalue weighted by Gasteiger charge is 2.22. The van der Waals surface area contributed by atoms with Gasteiger partial charge in [0.05, 0.1) is 29.8 Å². The first-order chi connectivity index (χ1) is 11.2. The quantitative estimate of drug-likeness (QED) is 0.880. The van der Waals surface area contributed by atoms with Gasteiger partial charge in [-0.3, -0.25) is 9.36 Å². The standard InChI is InChI=1S/C17H22N2O4/c1-3-23-14-8-11(9-20)7-13-15(14)16-12(5-4-6-18-16)17(21)19(13)10-22-2/h7-8,18,20H,3-6,9-10H2,1-2H3. The van der Waals surface area contributed by atoms with Crippen LogP contribution in [-0.4, -0.2) is 29.9 Å². The number of aliphatic hydroxyl groups excluding tert-OH is 1. The third-order valence-corrected chi connectivity index (χ3v) is 4.13. The normalized spacial score (nSPS) is 13.7. The third-order valence-electron chi connectivity index (χ3n) is 4.13. The number of nitrogens with zero attached hydrogens (tertiary/aromatic N) is 1. The summed E-state index contributed by atoms with van der Waals surface area (Å²) in [6.07, 6.45) is 1.67. The molecule has 0 spiro atoms. The number of aliphatic hydroxyl groups is 1. The maximum absolute atomic E-state index is 12.8. The second-order valence-corrected chi connectivity index (χ2v) is 5.61. The molecule has 0 saturated heterocycles. The number of fused-ring (bicyclic) bond motifs is 3. The van der Waals surface area contributed by atoms with E-state index in [1.54, 1.807) is 11.7 Å². The largest absolute Gasteiger partial charge is 0.493 e. The Balaban J connectivity index is 2.42. The molecule has 23 heavy (non-hydrogen) atoms. The van der Waals surface area contributed by atoms with Gasteiger partial charge in [-0.2, -0.15) is 0 Å². The highest BCUT2D eigenvalue weighted by atomic mass is 16.5. The second-order valence-electron chi connectivity index (χ2n) is 5.61. The number of aromatic nitrogens is 1. The van der Waals surface area contributed by atoms with Gasteiger partial charge >= 0.3 is 0 Å². The fourth-order valence-electron chi connectivity index (χ4n) is 3.17. The molecule has 0 fully saturated rings. The van der Waals surface area contributed by atoms with Crippen molar-refractivity contribution in [3.8, 4) is 5.75 Å². The van der Waals surface area contributed by atoms with Crippen LogP contribution in [0.2, 0.25) is 0 Å². The van der Waals surface area contributed by atoms with Crippen molar-refractivity contribution in [2.24, 2.45) is 0 Å². The van der Waals surface area contributed by atoms with Crippen molar-refractivity contribution < 1.29 is 14.6 Å². The molecule has 2 aromatic rings. The lowest BCUT2D eigenvalue weighted by molar-refractivity contribution is 0.131. The predicted molar refractivity (Wildman–Crippen MR) is 89.1 cm³/mol. The van der Waals surface area contributed by atoms with Crippen molar-refractivity contribution in [1.82, 2.24) is 4.57 Å². The van der Waals surface area contributed by atoms with E-state index in [9.17, 15) is 9.90 Å². The number of hydrogen-bond acceptors (Lipinski definition) is 5. The minimum atomic E-state index is -0.109. The smallest absolute Gasteiger partial charge is 0.258 e. The molecule has 6 heteroatoms. The number of pyridine rings is 1.